The molecule has 0 aliphatic rings. The van der Waals surface area contributed by atoms with Crippen LogP contribution < -0.4 is 10.3 Å². The molecule has 0 radical (unpaired) electrons. The largest absolute Gasteiger partial charge is 0.451 e. The number of alkyl halides is 3. The van der Waals surface area contributed by atoms with Gasteiger partial charge in [0.1, 0.15) is 5.58 Å². The first-order valence-electron chi connectivity index (χ1n) is 7.16. The molecule has 0 unspecified atom stereocenters. The van der Waals surface area contributed by atoms with Gasteiger partial charge in [0.2, 0.25) is 11.1 Å². The van der Waals surface area contributed by atoms with Gasteiger partial charge in [0.15, 0.2) is 6.54 Å². The van der Waals surface area contributed by atoms with Crippen molar-refractivity contribution in [2.45, 2.75) is 19.6 Å². The standard InChI is InChI=1S/C18H14F3NO/c1-12-7-8-16-14(9-12)15(10-17(23-16)18(19,20)21)22-11-13-5-3-2-4-6-13/h2-10H,11H2,1H3/p+1. The Morgan fingerprint density at radius 2 is 1.74 bits per heavy atom. The number of fused-ring (bicyclic) bond motifs is 1. The third-order valence-corrected chi connectivity index (χ3v) is 3.53. The Morgan fingerprint density at radius 1 is 1.00 bits per heavy atom. The SMILES string of the molecule is Cc1ccc2oc(C(F)(F)F)cc(=[NH+]Cc3ccccc3)c2c1. The fourth-order valence-corrected chi connectivity index (χ4v) is 2.38. The van der Waals surface area contributed by atoms with Crippen molar-refractivity contribution in [1.82, 2.24) is 0 Å². The number of aryl methyl sites for hydroxylation is 1. The summed E-state index contributed by atoms with van der Waals surface area (Å²) < 4.78 is 44.1. The molecule has 0 spiro atoms. The third kappa shape index (κ3) is 3.44. The molecule has 0 saturated heterocycles. The summed E-state index contributed by atoms with van der Waals surface area (Å²) in [6.07, 6.45) is -4.53. The van der Waals surface area contributed by atoms with Crippen LogP contribution in [0.25, 0.3) is 11.0 Å². The number of hydrogen-bond donors (Lipinski definition) is 1. The predicted molar refractivity (Wildman–Crippen MR) is 80.2 cm³/mol. The molecule has 0 amide bonds. The topological polar surface area (TPSA) is 27.1 Å². The van der Waals surface area contributed by atoms with Crippen LogP contribution in [0.2, 0.25) is 0 Å². The van der Waals surface area contributed by atoms with Crippen LogP contribution in [0.4, 0.5) is 13.2 Å². The van der Waals surface area contributed by atoms with Crippen LogP contribution in [0.15, 0.2) is 59.0 Å². The van der Waals surface area contributed by atoms with Crippen LogP contribution in [0, 0.1) is 6.92 Å². The van der Waals surface area contributed by atoms with Gasteiger partial charge < -0.3 is 4.42 Å². The summed E-state index contributed by atoms with van der Waals surface area (Å²) in [6, 6.07) is 15.6. The van der Waals surface area contributed by atoms with E-state index in [1.54, 1.807) is 12.1 Å². The molecule has 2 aromatic carbocycles. The second-order valence-corrected chi connectivity index (χ2v) is 5.36. The Bertz CT molecular complexity index is 896. The van der Waals surface area contributed by atoms with Crippen molar-refractivity contribution in [2.24, 2.45) is 0 Å². The lowest BCUT2D eigenvalue weighted by Crippen LogP contribution is -2.75. The minimum Gasteiger partial charge on any atom is -0.451 e. The van der Waals surface area contributed by atoms with E-state index in [0.29, 0.717) is 17.3 Å². The molecule has 118 valence electrons. The fourth-order valence-electron chi connectivity index (χ4n) is 2.38. The zero-order valence-electron chi connectivity index (χ0n) is 12.4. The number of rotatable bonds is 2. The zero-order chi connectivity index (χ0) is 16.4. The third-order valence-electron chi connectivity index (χ3n) is 3.53. The Hall–Kier alpha value is -2.56. The van der Waals surface area contributed by atoms with Gasteiger partial charge in [0.05, 0.1) is 11.5 Å². The van der Waals surface area contributed by atoms with Gasteiger partial charge in [-0.15, -0.1) is 0 Å². The Labute approximate surface area is 130 Å². The average molecular weight is 318 g/mol. The highest BCUT2D eigenvalue weighted by Gasteiger charge is 2.35. The second-order valence-electron chi connectivity index (χ2n) is 5.36. The van der Waals surface area contributed by atoms with E-state index in [0.717, 1.165) is 17.2 Å². The Kier molecular flexibility index (Phi) is 3.94. The molecule has 0 bridgehead atoms. The maximum absolute atomic E-state index is 13.0. The highest BCUT2D eigenvalue weighted by atomic mass is 19.4. The van der Waals surface area contributed by atoms with Gasteiger partial charge in [0.25, 0.3) is 0 Å². The van der Waals surface area contributed by atoms with Gasteiger partial charge in [-0.2, -0.15) is 13.2 Å². The molecule has 0 aliphatic carbocycles. The summed E-state index contributed by atoms with van der Waals surface area (Å²) in [6.45, 7) is 2.32. The van der Waals surface area contributed by atoms with Gasteiger partial charge in [0, 0.05) is 5.56 Å². The van der Waals surface area contributed by atoms with E-state index >= 15 is 0 Å². The van der Waals surface area contributed by atoms with Crippen LogP contribution in [0.3, 0.4) is 0 Å². The van der Waals surface area contributed by atoms with Crippen molar-refractivity contribution in [3.8, 4) is 0 Å². The maximum atomic E-state index is 13.0. The lowest BCUT2D eigenvalue weighted by atomic mass is 10.1. The normalized spacial score (nSPS) is 12.8. The molecular weight excluding hydrogens is 303 g/mol. The van der Waals surface area contributed by atoms with Crippen molar-refractivity contribution in [2.75, 3.05) is 0 Å². The molecule has 5 heteroatoms. The van der Waals surface area contributed by atoms with Gasteiger partial charge in [-0.05, 0) is 19.1 Å². The summed E-state index contributed by atoms with van der Waals surface area (Å²) in [5, 5.41) is 1.04. The summed E-state index contributed by atoms with van der Waals surface area (Å²) in [5.74, 6) is -1.01. The van der Waals surface area contributed by atoms with Crippen LogP contribution in [-0.4, -0.2) is 0 Å². The molecule has 1 N–H and O–H groups in total. The van der Waals surface area contributed by atoms with E-state index in [4.69, 9.17) is 4.42 Å². The number of benzene rings is 2. The minimum atomic E-state index is -4.53. The summed E-state index contributed by atoms with van der Waals surface area (Å²) in [5.41, 5.74) is 2.15. The fraction of sp³-hybridized carbons (Fsp3) is 0.167. The van der Waals surface area contributed by atoms with Crippen molar-refractivity contribution in [3.05, 3.63) is 76.8 Å². The first kappa shape index (κ1) is 15.3. The molecule has 3 rings (SSSR count). The lowest BCUT2D eigenvalue weighted by molar-refractivity contribution is -0.516. The van der Waals surface area contributed by atoms with E-state index in [2.05, 4.69) is 4.99 Å². The van der Waals surface area contributed by atoms with E-state index in [1.807, 2.05) is 43.3 Å². The van der Waals surface area contributed by atoms with Crippen LogP contribution in [0.5, 0.6) is 0 Å². The van der Waals surface area contributed by atoms with Crippen molar-refractivity contribution < 1.29 is 22.6 Å². The molecule has 0 saturated carbocycles. The smallest absolute Gasteiger partial charge is 0.449 e. The molecule has 0 aliphatic heterocycles. The molecule has 1 aromatic heterocycles. The first-order valence-corrected chi connectivity index (χ1v) is 7.16. The number of hydrogen-bond acceptors (Lipinski definition) is 1. The highest BCUT2D eigenvalue weighted by Crippen LogP contribution is 2.29. The Balaban J connectivity index is 2.18. The number of nitrogens with one attached hydrogen (secondary N) is 1. The van der Waals surface area contributed by atoms with Gasteiger partial charge in [-0.1, -0.05) is 42.0 Å². The minimum absolute atomic E-state index is 0.209. The van der Waals surface area contributed by atoms with Gasteiger partial charge >= 0.3 is 6.18 Å². The summed E-state index contributed by atoms with van der Waals surface area (Å²) >= 11 is 0. The highest BCUT2D eigenvalue weighted by molar-refractivity contribution is 5.76. The monoisotopic (exact) mass is 318 g/mol. The Morgan fingerprint density at radius 3 is 2.43 bits per heavy atom. The van der Waals surface area contributed by atoms with Crippen molar-refractivity contribution >= 4 is 11.0 Å². The quantitative estimate of drug-likeness (QED) is 0.773. The van der Waals surface area contributed by atoms with Gasteiger partial charge in [-0.25, -0.2) is 4.99 Å². The molecule has 23 heavy (non-hydrogen) atoms. The molecule has 0 atom stereocenters. The maximum Gasteiger partial charge on any atom is 0.449 e. The van der Waals surface area contributed by atoms with E-state index in [1.165, 1.54) is 0 Å². The van der Waals surface area contributed by atoms with Crippen LogP contribution in [-0.2, 0) is 12.7 Å². The van der Waals surface area contributed by atoms with Crippen LogP contribution in [0.1, 0.15) is 16.9 Å². The van der Waals surface area contributed by atoms with Gasteiger partial charge in [-0.3, -0.25) is 0 Å². The van der Waals surface area contributed by atoms with Crippen molar-refractivity contribution in [3.63, 3.8) is 0 Å². The van der Waals surface area contributed by atoms with E-state index < -0.39 is 11.9 Å². The molecule has 3 aromatic rings. The number of halogens is 3. The molecule has 1 heterocycles. The molecular formula is C18H15F3NO+. The first-order chi connectivity index (χ1) is 10.9. The second kappa shape index (κ2) is 5.91. The van der Waals surface area contributed by atoms with Crippen molar-refractivity contribution in [1.29, 1.82) is 0 Å². The van der Waals surface area contributed by atoms with Crippen LogP contribution >= 0.6 is 0 Å². The lowest BCUT2D eigenvalue weighted by Gasteiger charge is -2.06. The van der Waals surface area contributed by atoms with E-state index in [-0.39, 0.29) is 5.58 Å². The zero-order valence-corrected chi connectivity index (χ0v) is 12.4. The predicted octanol–water partition coefficient (Wildman–Crippen LogP) is 2.94. The van der Waals surface area contributed by atoms with E-state index in [9.17, 15) is 13.2 Å². The average Bonchev–Trinajstić information content (AvgIpc) is 2.52. The summed E-state index contributed by atoms with van der Waals surface area (Å²) in [7, 11) is 0. The molecule has 2 nitrogen and oxygen atoms in total. The summed E-state index contributed by atoms with van der Waals surface area (Å²) in [4.78, 5) is 3.08. The molecule has 0 fully saturated rings.